The molecule has 0 unspecified atom stereocenters. The fraction of sp³-hybridized carbons (Fsp3) is 0.400. The minimum Gasteiger partial charge on any atom is -0.507 e. The van der Waals surface area contributed by atoms with Gasteiger partial charge in [-0.2, -0.15) is 8.42 Å². The maximum absolute atomic E-state index is 11.4. The molecule has 1 aliphatic rings. The first-order chi connectivity index (χ1) is 12.2. The highest BCUT2D eigenvalue weighted by Crippen LogP contribution is 2.36. The Kier molecular flexibility index (Phi) is 4.99. The van der Waals surface area contributed by atoms with Gasteiger partial charge in [0.05, 0.1) is 0 Å². The Morgan fingerprint density at radius 3 is 2.35 bits per heavy atom. The van der Waals surface area contributed by atoms with Crippen LogP contribution in [0, 0.1) is 13.8 Å². The average molecular weight is 376 g/mol. The molecule has 0 spiro atoms. The predicted molar refractivity (Wildman–Crippen MR) is 99.6 cm³/mol. The monoisotopic (exact) mass is 376 g/mol. The summed E-state index contributed by atoms with van der Waals surface area (Å²) < 4.78 is 32.0. The normalized spacial score (nSPS) is 13.8. The van der Waals surface area contributed by atoms with E-state index in [0.717, 1.165) is 36.0 Å². The van der Waals surface area contributed by atoms with Crippen molar-refractivity contribution >= 4 is 10.1 Å². The van der Waals surface area contributed by atoms with Crippen molar-refractivity contribution in [3.63, 3.8) is 0 Å². The molecule has 0 saturated carbocycles. The summed E-state index contributed by atoms with van der Waals surface area (Å²) in [6.07, 6.45) is 4.74. The van der Waals surface area contributed by atoms with E-state index in [2.05, 4.69) is 6.92 Å². The molecule has 5 nitrogen and oxygen atoms in total. The van der Waals surface area contributed by atoms with Gasteiger partial charge in [-0.05, 0) is 91.8 Å². The van der Waals surface area contributed by atoms with Crippen LogP contribution >= 0.6 is 0 Å². The van der Waals surface area contributed by atoms with Gasteiger partial charge in [-0.15, -0.1) is 0 Å². The maximum Gasteiger partial charge on any atom is 0.298 e. The van der Waals surface area contributed by atoms with Gasteiger partial charge in [0.15, 0.2) is 0 Å². The Hall–Kier alpha value is -2.05. The van der Waals surface area contributed by atoms with Crippen LogP contribution in [0.25, 0.3) is 0 Å². The molecule has 0 atom stereocenters. The first-order valence-electron chi connectivity index (χ1n) is 8.82. The Morgan fingerprint density at radius 2 is 1.65 bits per heavy atom. The maximum atomic E-state index is 11.4. The number of hydrogen-bond acceptors (Lipinski definition) is 4. The number of aromatic hydroxyl groups is 2. The summed E-state index contributed by atoms with van der Waals surface area (Å²) in [4.78, 5) is -0.464. The first-order valence-corrected chi connectivity index (χ1v) is 10.3. The molecule has 0 heterocycles. The van der Waals surface area contributed by atoms with Crippen LogP contribution in [0.2, 0.25) is 0 Å². The molecule has 2 aromatic carbocycles. The molecule has 0 amide bonds. The van der Waals surface area contributed by atoms with Crippen molar-refractivity contribution < 1.29 is 23.2 Å². The van der Waals surface area contributed by atoms with Gasteiger partial charge in [0.2, 0.25) is 0 Å². The van der Waals surface area contributed by atoms with E-state index in [0.29, 0.717) is 30.6 Å². The summed E-state index contributed by atoms with van der Waals surface area (Å²) in [5, 5.41) is 20.8. The van der Waals surface area contributed by atoms with E-state index < -0.39 is 15.0 Å². The highest BCUT2D eigenvalue weighted by molar-refractivity contribution is 7.86. The fourth-order valence-corrected chi connectivity index (χ4v) is 4.54. The lowest BCUT2D eigenvalue weighted by atomic mass is 9.94. The number of fused-ring (bicyclic) bond motifs is 1. The van der Waals surface area contributed by atoms with Crippen molar-refractivity contribution in [3.05, 3.63) is 51.6 Å². The third-order valence-electron chi connectivity index (χ3n) is 5.31. The summed E-state index contributed by atoms with van der Waals surface area (Å²) in [6.45, 7) is 3.86. The summed E-state index contributed by atoms with van der Waals surface area (Å²) in [5.74, 6) is -0.00223. The molecule has 0 bridgehead atoms. The van der Waals surface area contributed by atoms with Crippen LogP contribution in [-0.2, 0) is 35.8 Å². The molecule has 3 N–H and O–H groups in total. The van der Waals surface area contributed by atoms with Gasteiger partial charge in [-0.25, -0.2) is 0 Å². The van der Waals surface area contributed by atoms with Crippen molar-refractivity contribution in [1.82, 2.24) is 0 Å². The average Bonchev–Trinajstić information content (AvgIpc) is 3.04. The van der Waals surface area contributed by atoms with Crippen molar-refractivity contribution in [2.24, 2.45) is 0 Å². The van der Waals surface area contributed by atoms with E-state index in [1.54, 1.807) is 13.0 Å². The number of rotatable bonds is 5. The van der Waals surface area contributed by atoms with E-state index in [-0.39, 0.29) is 5.75 Å². The zero-order chi connectivity index (χ0) is 19.1. The Morgan fingerprint density at radius 1 is 0.962 bits per heavy atom. The fourth-order valence-electron chi connectivity index (χ4n) is 3.94. The molecule has 2 aromatic rings. The molecule has 0 aliphatic heterocycles. The van der Waals surface area contributed by atoms with E-state index in [4.69, 9.17) is 0 Å². The molecular weight excluding hydrogens is 352 g/mol. The highest BCUT2D eigenvalue weighted by Gasteiger charge is 2.21. The topological polar surface area (TPSA) is 94.8 Å². The number of aryl methyl sites for hydroxylation is 3. The molecule has 0 fully saturated rings. The second-order valence-electron chi connectivity index (χ2n) is 7.05. The van der Waals surface area contributed by atoms with Gasteiger partial charge in [-0.3, -0.25) is 4.55 Å². The van der Waals surface area contributed by atoms with Crippen LogP contribution in [-0.4, -0.2) is 23.2 Å². The molecule has 0 saturated heterocycles. The summed E-state index contributed by atoms with van der Waals surface area (Å²) in [7, 11) is -4.46. The minimum atomic E-state index is -4.46. The van der Waals surface area contributed by atoms with Crippen LogP contribution in [0.1, 0.15) is 46.2 Å². The van der Waals surface area contributed by atoms with E-state index in [9.17, 15) is 23.2 Å². The molecule has 6 heteroatoms. The van der Waals surface area contributed by atoms with Gasteiger partial charge in [-0.1, -0.05) is 12.1 Å². The quantitative estimate of drug-likeness (QED) is 0.693. The van der Waals surface area contributed by atoms with Crippen molar-refractivity contribution in [3.8, 4) is 11.5 Å². The molecule has 1 aliphatic carbocycles. The Balaban J connectivity index is 1.81. The number of benzene rings is 2. The summed E-state index contributed by atoms with van der Waals surface area (Å²) in [6, 6.07) is 4.81. The lowest BCUT2D eigenvalue weighted by Crippen LogP contribution is -2.03. The molecular formula is C20H24O5S. The summed E-state index contributed by atoms with van der Waals surface area (Å²) in [5.41, 5.74) is 5.71. The van der Waals surface area contributed by atoms with E-state index in [1.807, 2.05) is 6.07 Å². The third-order valence-corrected chi connectivity index (χ3v) is 6.19. The SMILES string of the molecule is Cc1ccc(S(=O)(=O)O)c(O)c1CCCc1cc(C)c2c(c1O)CCC2. The first kappa shape index (κ1) is 18.7. The highest BCUT2D eigenvalue weighted by atomic mass is 32.2. The lowest BCUT2D eigenvalue weighted by Gasteiger charge is -2.14. The largest absolute Gasteiger partial charge is 0.507 e. The van der Waals surface area contributed by atoms with E-state index >= 15 is 0 Å². The van der Waals surface area contributed by atoms with Gasteiger partial charge in [0.25, 0.3) is 10.1 Å². The zero-order valence-corrected chi connectivity index (χ0v) is 15.9. The van der Waals surface area contributed by atoms with Crippen LogP contribution < -0.4 is 0 Å². The lowest BCUT2D eigenvalue weighted by molar-refractivity contribution is 0.436. The zero-order valence-electron chi connectivity index (χ0n) is 15.0. The number of phenols is 2. The van der Waals surface area contributed by atoms with Crippen LogP contribution in [0.4, 0.5) is 0 Å². The Labute approximate surface area is 154 Å². The van der Waals surface area contributed by atoms with Crippen molar-refractivity contribution in [1.29, 1.82) is 0 Å². The standard InChI is InChI=1S/C20H24O5S/c1-12-9-10-18(26(23,24)25)20(22)16(12)7-3-5-14-11-13(2)15-6-4-8-17(15)19(14)21/h9-11,21-22H,3-8H2,1-2H3,(H,23,24,25). The molecule has 3 rings (SSSR count). The minimum absolute atomic E-state index is 0.385. The van der Waals surface area contributed by atoms with E-state index in [1.165, 1.54) is 17.2 Å². The molecule has 26 heavy (non-hydrogen) atoms. The molecule has 0 aromatic heterocycles. The smallest absolute Gasteiger partial charge is 0.298 e. The van der Waals surface area contributed by atoms with Crippen LogP contribution in [0.15, 0.2) is 23.1 Å². The Bertz CT molecular complexity index is 961. The van der Waals surface area contributed by atoms with Gasteiger partial charge in [0, 0.05) is 0 Å². The van der Waals surface area contributed by atoms with Crippen LogP contribution in [0.5, 0.6) is 11.5 Å². The summed E-state index contributed by atoms with van der Waals surface area (Å²) >= 11 is 0. The van der Waals surface area contributed by atoms with Gasteiger partial charge < -0.3 is 10.2 Å². The molecule has 0 radical (unpaired) electrons. The second kappa shape index (κ2) is 6.93. The third kappa shape index (κ3) is 3.44. The van der Waals surface area contributed by atoms with Crippen molar-refractivity contribution in [2.45, 2.75) is 57.3 Å². The predicted octanol–water partition coefficient (Wildman–Crippen LogP) is 3.63. The number of hydrogen-bond donors (Lipinski definition) is 3. The van der Waals surface area contributed by atoms with Gasteiger partial charge in [0.1, 0.15) is 16.4 Å². The molecule has 140 valence electrons. The number of phenolic OH excluding ortho intramolecular Hbond substituents is 2. The second-order valence-corrected chi connectivity index (χ2v) is 8.44. The van der Waals surface area contributed by atoms with Crippen molar-refractivity contribution in [2.75, 3.05) is 0 Å². The van der Waals surface area contributed by atoms with Gasteiger partial charge >= 0.3 is 0 Å². The van der Waals surface area contributed by atoms with Crippen LogP contribution in [0.3, 0.4) is 0 Å².